The van der Waals surface area contributed by atoms with Crippen molar-refractivity contribution >= 4 is 18.4 Å². The minimum absolute atomic E-state index is 0. The zero-order valence-corrected chi connectivity index (χ0v) is 9.75. The van der Waals surface area contributed by atoms with Gasteiger partial charge in [0.15, 0.2) is 0 Å². The first-order valence-corrected chi connectivity index (χ1v) is 4.83. The van der Waals surface area contributed by atoms with Crippen LogP contribution in [0.1, 0.15) is 28.4 Å². The van der Waals surface area contributed by atoms with Crippen LogP contribution in [0.5, 0.6) is 5.75 Å². The first-order valence-electron chi connectivity index (χ1n) is 4.83. The molecule has 0 fully saturated rings. The van der Waals surface area contributed by atoms with Crippen LogP contribution in [0.15, 0.2) is 18.2 Å². The van der Waals surface area contributed by atoms with Crippen LogP contribution in [-0.2, 0) is 4.74 Å². The molecule has 0 radical (unpaired) electrons. The molecule has 0 spiro atoms. The summed E-state index contributed by atoms with van der Waals surface area (Å²) in [7, 11) is 1.36. The summed E-state index contributed by atoms with van der Waals surface area (Å²) >= 11 is 0. The van der Waals surface area contributed by atoms with Gasteiger partial charge in [0.1, 0.15) is 5.75 Å². The van der Waals surface area contributed by atoms with E-state index in [2.05, 4.69) is 4.74 Å². The lowest BCUT2D eigenvalue weighted by atomic mass is 9.99. The Bertz CT molecular complexity index is 395. The van der Waals surface area contributed by atoms with Gasteiger partial charge in [0.05, 0.1) is 19.3 Å². The van der Waals surface area contributed by atoms with E-state index in [0.29, 0.717) is 12.2 Å². The number of benzene rings is 1. The summed E-state index contributed by atoms with van der Waals surface area (Å²) < 4.78 is 10.1. The molecule has 1 aromatic carbocycles. The van der Waals surface area contributed by atoms with Crippen molar-refractivity contribution in [3.8, 4) is 5.75 Å². The monoisotopic (exact) mass is 243 g/mol. The van der Waals surface area contributed by atoms with Gasteiger partial charge in [-0.2, -0.15) is 0 Å². The Morgan fingerprint density at radius 2 is 2.31 bits per heavy atom. The summed E-state index contributed by atoms with van der Waals surface area (Å²) in [6, 6.07) is 5.13. The van der Waals surface area contributed by atoms with E-state index < -0.39 is 0 Å². The highest BCUT2D eigenvalue weighted by Crippen LogP contribution is 2.31. The number of fused-ring (bicyclic) bond motifs is 1. The van der Waals surface area contributed by atoms with Crippen LogP contribution in [0.2, 0.25) is 0 Å². The average Bonchev–Trinajstić information content (AvgIpc) is 2.28. The average molecular weight is 244 g/mol. The van der Waals surface area contributed by atoms with Crippen LogP contribution in [0.3, 0.4) is 0 Å². The molecule has 0 saturated heterocycles. The largest absolute Gasteiger partial charge is 0.493 e. The molecule has 1 heterocycles. The highest BCUT2D eigenvalue weighted by atomic mass is 35.5. The van der Waals surface area contributed by atoms with E-state index in [1.165, 1.54) is 7.11 Å². The number of carbonyl (C=O) groups is 1. The van der Waals surface area contributed by atoms with Gasteiger partial charge in [0, 0.05) is 18.0 Å². The maximum Gasteiger partial charge on any atom is 0.337 e. The van der Waals surface area contributed by atoms with Crippen molar-refractivity contribution in [1.29, 1.82) is 0 Å². The van der Waals surface area contributed by atoms with Crippen LogP contribution in [0.25, 0.3) is 0 Å². The SMILES string of the molecule is COC(=O)c1ccc2c(c1)C(N)CCO2.Cl. The van der Waals surface area contributed by atoms with E-state index in [-0.39, 0.29) is 24.4 Å². The zero-order valence-electron chi connectivity index (χ0n) is 8.93. The molecule has 1 aliphatic rings. The lowest BCUT2D eigenvalue weighted by Gasteiger charge is -2.23. The Morgan fingerprint density at radius 1 is 1.56 bits per heavy atom. The summed E-state index contributed by atoms with van der Waals surface area (Å²) in [6.07, 6.45) is 0.775. The van der Waals surface area contributed by atoms with Gasteiger partial charge >= 0.3 is 5.97 Å². The van der Waals surface area contributed by atoms with Crippen LogP contribution in [0, 0.1) is 0 Å². The number of methoxy groups -OCH3 is 1. The van der Waals surface area contributed by atoms with Gasteiger partial charge in [0.2, 0.25) is 0 Å². The Morgan fingerprint density at radius 3 is 3.00 bits per heavy atom. The molecule has 1 unspecified atom stereocenters. The maximum atomic E-state index is 11.3. The second-order valence-electron chi connectivity index (χ2n) is 3.49. The normalized spacial score (nSPS) is 17.8. The Balaban J connectivity index is 0.00000128. The lowest BCUT2D eigenvalue weighted by Crippen LogP contribution is -2.21. The molecule has 4 nitrogen and oxygen atoms in total. The third-order valence-electron chi connectivity index (χ3n) is 2.52. The number of hydrogen-bond donors (Lipinski definition) is 1. The fourth-order valence-corrected chi connectivity index (χ4v) is 1.67. The Hall–Kier alpha value is -1.26. The van der Waals surface area contributed by atoms with Crippen LogP contribution < -0.4 is 10.5 Å². The van der Waals surface area contributed by atoms with Crippen molar-refractivity contribution in [3.05, 3.63) is 29.3 Å². The van der Waals surface area contributed by atoms with Crippen molar-refractivity contribution in [1.82, 2.24) is 0 Å². The van der Waals surface area contributed by atoms with Crippen molar-refractivity contribution in [2.75, 3.05) is 13.7 Å². The van der Waals surface area contributed by atoms with E-state index in [4.69, 9.17) is 10.5 Å². The second-order valence-corrected chi connectivity index (χ2v) is 3.49. The van der Waals surface area contributed by atoms with E-state index in [9.17, 15) is 4.79 Å². The third kappa shape index (κ3) is 2.28. The number of halogens is 1. The first kappa shape index (κ1) is 12.8. The summed E-state index contributed by atoms with van der Waals surface area (Å²) in [5.41, 5.74) is 7.31. The predicted molar refractivity (Wildman–Crippen MR) is 62.1 cm³/mol. The first-order chi connectivity index (χ1) is 7.22. The minimum atomic E-state index is -0.351. The number of ether oxygens (including phenoxy) is 2. The summed E-state index contributed by atoms with van der Waals surface area (Å²) in [4.78, 5) is 11.3. The molecule has 0 saturated carbocycles. The molecule has 0 aliphatic carbocycles. The van der Waals surface area contributed by atoms with Crippen molar-refractivity contribution in [3.63, 3.8) is 0 Å². The second kappa shape index (κ2) is 5.18. The van der Waals surface area contributed by atoms with E-state index in [1.807, 2.05) is 0 Å². The van der Waals surface area contributed by atoms with E-state index >= 15 is 0 Å². The molecule has 1 aliphatic heterocycles. The highest BCUT2D eigenvalue weighted by molar-refractivity contribution is 5.89. The van der Waals surface area contributed by atoms with Gasteiger partial charge in [0.25, 0.3) is 0 Å². The van der Waals surface area contributed by atoms with Crippen LogP contribution >= 0.6 is 12.4 Å². The van der Waals surface area contributed by atoms with E-state index in [0.717, 1.165) is 17.7 Å². The molecule has 88 valence electrons. The summed E-state index contributed by atoms with van der Waals surface area (Å²) in [5, 5.41) is 0. The number of nitrogens with two attached hydrogens (primary N) is 1. The molecule has 0 amide bonds. The minimum Gasteiger partial charge on any atom is -0.493 e. The van der Waals surface area contributed by atoms with Gasteiger partial charge in [-0.15, -0.1) is 12.4 Å². The molecule has 2 N–H and O–H groups in total. The van der Waals surface area contributed by atoms with Crippen LogP contribution in [-0.4, -0.2) is 19.7 Å². The lowest BCUT2D eigenvalue weighted by molar-refractivity contribution is 0.0600. The molecule has 5 heteroatoms. The van der Waals surface area contributed by atoms with Gasteiger partial charge < -0.3 is 15.2 Å². The number of rotatable bonds is 1. The quantitative estimate of drug-likeness (QED) is 0.763. The molecule has 0 aromatic heterocycles. The fraction of sp³-hybridized carbons (Fsp3) is 0.364. The van der Waals surface area contributed by atoms with Crippen LogP contribution in [0.4, 0.5) is 0 Å². The number of carbonyl (C=O) groups excluding carboxylic acids is 1. The molecule has 1 aromatic rings. The standard InChI is InChI=1S/C11H13NO3.ClH/c1-14-11(13)7-2-3-10-8(6-7)9(12)4-5-15-10;/h2-3,6,9H,4-5,12H2,1H3;1H. The highest BCUT2D eigenvalue weighted by Gasteiger charge is 2.19. The maximum absolute atomic E-state index is 11.3. The fourth-order valence-electron chi connectivity index (χ4n) is 1.67. The van der Waals surface area contributed by atoms with Gasteiger partial charge in [-0.1, -0.05) is 0 Å². The van der Waals surface area contributed by atoms with Crippen molar-refractivity contribution < 1.29 is 14.3 Å². The smallest absolute Gasteiger partial charge is 0.337 e. The van der Waals surface area contributed by atoms with Gasteiger partial charge in [-0.25, -0.2) is 4.79 Å². The third-order valence-corrected chi connectivity index (χ3v) is 2.52. The summed E-state index contributed by atoms with van der Waals surface area (Å²) in [5.74, 6) is 0.414. The topological polar surface area (TPSA) is 61.5 Å². The van der Waals surface area contributed by atoms with Crippen molar-refractivity contribution in [2.45, 2.75) is 12.5 Å². The molecular formula is C11H14ClNO3. The zero-order chi connectivity index (χ0) is 10.8. The Labute approximate surface area is 100 Å². The van der Waals surface area contributed by atoms with E-state index in [1.54, 1.807) is 18.2 Å². The van der Waals surface area contributed by atoms with Gasteiger partial charge in [-0.05, 0) is 18.2 Å². The number of hydrogen-bond acceptors (Lipinski definition) is 4. The number of esters is 1. The predicted octanol–water partition coefficient (Wildman–Crippen LogP) is 1.68. The van der Waals surface area contributed by atoms with Crippen molar-refractivity contribution in [2.24, 2.45) is 5.73 Å². The molecule has 0 bridgehead atoms. The summed E-state index contributed by atoms with van der Waals surface area (Å²) in [6.45, 7) is 0.631. The molecule has 16 heavy (non-hydrogen) atoms. The Kier molecular flexibility index (Phi) is 4.15. The van der Waals surface area contributed by atoms with Gasteiger partial charge in [-0.3, -0.25) is 0 Å². The molecular weight excluding hydrogens is 230 g/mol. The molecule has 1 atom stereocenters. The molecule has 2 rings (SSSR count).